The van der Waals surface area contributed by atoms with Crippen LogP contribution in [0.2, 0.25) is 0 Å². The summed E-state index contributed by atoms with van der Waals surface area (Å²) in [6.07, 6.45) is -4.44. The Morgan fingerprint density at radius 1 is 1.14 bits per heavy atom. The number of alkyl halides is 3. The highest BCUT2D eigenvalue weighted by molar-refractivity contribution is 9.10. The molecule has 0 unspecified atom stereocenters. The molecule has 5 nitrogen and oxygen atoms in total. The van der Waals surface area contributed by atoms with Crippen molar-refractivity contribution in [2.24, 2.45) is 0 Å². The van der Waals surface area contributed by atoms with Gasteiger partial charge in [0.2, 0.25) is 0 Å². The average molecular weight is 622 g/mol. The van der Waals surface area contributed by atoms with Gasteiger partial charge in [-0.15, -0.1) is 11.3 Å². The van der Waals surface area contributed by atoms with Gasteiger partial charge < -0.3 is 9.64 Å². The molecule has 194 valence electrons. The molecule has 1 aromatic heterocycles. The second kappa shape index (κ2) is 10.6. The predicted octanol–water partition coefficient (Wildman–Crippen LogP) is 7.18. The van der Waals surface area contributed by atoms with Gasteiger partial charge >= 0.3 is 6.18 Å². The predicted molar refractivity (Wildman–Crippen MR) is 141 cm³/mol. The molecule has 3 aromatic rings. The van der Waals surface area contributed by atoms with E-state index < -0.39 is 27.9 Å². The van der Waals surface area contributed by atoms with Crippen LogP contribution in [0.5, 0.6) is 5.75 Å². The topological polar surface area (TPSA) is 58.6 Å². The SMILES string of the molecule is Cc1ccc(Sc2sc(S(=O)(=O)Nc3ccc(C(F)(F)F)c(O[C@@H]4CCN(C)C4)c3)cc2Br)cc1C. The summed E-state index contributed by atoms with van der Waals surface area (Å²) >= 11 is 5.94. The molecule has 2 aromatic carbocycles. The summed E-state index contributed by atoms with van der Waals surface area (Å²) in [5.41, 5.74) is 1.35. The summed E-state index contributed by atoms with van der Waals surface area (Å²) in [6.45, 7) is 5.24. The number of hydrogen-bond donors (Lipinski definition) is 1. The van der Waals surface area contributed by atoms with Gasteiger partial charge in [0.05, 0.1) is 15.5 Å². The van der Waals surface area contributed by atoms with E-state index in [0.717, 1.165) is 49.8 Å². The van der Waals surface area contributed by atoms with Crippen LogP contribution in [0.15, 0.2) is 60.3 Å². The Bertz CT molecular complexity index is 1380. The first kappa shape index (κ1) is 27.3. The van der Waals surface area contributed by atoms with Crippen LogP contribution in [-0.4, -0.2) is 39.6 Å². The molecule has 12 heteroatoms. The molecule has 0 bridgehead atoms. The Kier molecular flexibility index (Phi) is 8.01. The van der Waals surface area contributed by atoms with E-state index in [1.165, 1.54) is 17.8 Å². The molecular weight excluding hydrogens is 597 g/mol. The fourth-order valence-electron chi connectivity index (χ4n) is 3.71. The second-order valence-corrected chi connectivity index (χ2v) is 13.8. The summed E-state index contributed by atoms with van der Waals surface area (Å²) in [5.74, 6) is -0.388. The number of benzene rings is 2. The highest BCUT2D eigenvalue weighted by atomic mass is 79.9. The van der Waals surface area contributed by atoms with E-state index in [0.29, 0.717) is 24.0 Å². The van der Waals surface area contributed by atoms with Gasteiger partial charge in [-0.3, -0.25) is 4.72 Å². The standard InChI is InChI=1S/C24H24BrF3N2O3S3/c1-14-4-6-18(10-15(14)2)34-23-20(25)12-22(35-23)36(31,32)29-16-5-7-19(24(26,27)28)21(11-16)33-17-8-9-30(3)13-17/h4-7,10-12,17,29H,8-9,13H2,1-3H3/t17-/m1/s1. The van der Waals surface area contributed by atoms with Gasteiger partial charge in [0, 0.05) is 28.5 Å². The fourth-order valence-corrected chi connectivity index (χ4v) is 8.50. The summed E-state index contributed by atoms with van der Waals surface area (Å²) in [7, 11) is -2.18. The number of likely N-dealkylation sites (tertiary alicyclic amines) is 1. The summed E-state index contributed by atoms with van der Waals surface area (Å²) in [5, 5.41) is 0. The smallest absolute Gasteiger partial charge is 0.419 e. The van der Waals surface area contributed by atoms with Crippen LogP contribution < -0.4 is 9.46 Å². The van der Waals surface area contributed by atoms with Crippen LogP contribution in [0.25, 0.3) is 0 Å². The van der Waals surface area contributed by atoms with E-state index in [1.54, 1.807) is 0 Å². The lowest BCUT2D eigenvalue weighted by Gasteiger charge is -2.19. The number of anilines is 1. The number of thiophene rings is 1. The zero-order chi connectivity index (χ0) is 26.3. The molecule has 0 amide bonds. The average Bonchev–Trinajstić information content (AvgIpc) is 3.35. The third-order valence-corrected chi connectivity index (χ3v) is 11.1. The largest absolute Gasteiger partial charge is 0.488 e. The van der Waals surface area contributed by atoms with E-state index in [9.17, 15) is 21.6 Å². The number of rotatable bonds is 7. The number of nitrogens with zero attached hydrogens (tertiary/aromatic N) is 1. The molecule has 2 heterocycles. The van der Waals surface area contributed by atoms with Crippen LogP contribution in [-0.2, 0) is 16.2 Å². The van der Waals surface area contributed by atoms with Crippen molar-refractivity contribution in [3.63, 3.8) is 0 Å². The van der Waals surface area contributed by atoms with Crippen LogP contribution in [0, 0.1) is 13.8 Å². The third kappa shape index (κ3) is 6.39. The number of sulfonamides is 1. The first-order chi connectivity index (χ1) is 16.8. The Balaban J connectivity index is 1.57. The van der Waals surface area contributed by atoms with Crippen LogP contribution in [0.3, 0.4) is 0 Å². The van der Waals surface area contributed by atoms with Crippen molar-refractivity contribution in [1.82, 2.24) is 4.90 Å². The van der Waals surface area contributed by atoms with E-state index in [4.69, 9.17) is 4.74 Å². The Labute approximate surface area is 225 Å². The summed E-state index contributed by atoms with van der Waals surface area (Å²) in [4.78, 5) is 2.94. The molecule has 1 aliphatic heterocycles. The maximum absolute atomic E-state index is 13.6. The molecule has 1 N–H and O–H groups in total. The maximum Gasteiger partial charge on any atom is 0.419 e. The first-order valence-electron chi connectivity index (χ1n) is 11.0. The van der Waals surface area contributed by atoms with Crippen molar-refractivity contribution in [3.8, 4) is 5.75 Å². The summed E-state index contributed by atoms with van der Waals surface area (Å²) in [6, 6.07) is 10.5. The number of likely N-dealkylation sites (N-methyl/N-ethyl adjacent to an activating group) is 1. The molecule has 1 fully saturated rings. The van der Waals surface area contributed by atoms with Crippen LogP contribution >= 0.6 is 39.0 Å². The maximum atomic E-state index is 13.6. The Morgan fingerprint density at radius 2 is 1.89 bits per heavy atom. The Morgan fingerprint density at radius 3 is 2.53 bits per heavy atom. The minimum Gasteiger partial charge on any atom is -0.488 e. The van der Waals surface area contributed by atoms with Crippen LogP contribution in [0.4, 0.5) is 18.9 Å². The molecule has 0 aliphatic carbocycles. The molecule has 0 saturated carbocycles. The number of aryl methyl sites for hydroxylation is 2. The van der Waals surface area contributed by atoms with Gasteiger partial charge in [-0.2, -0.15) is 13.2 Å². The lowest BCUT2D eigenvalue weighted by atomic mass is 10.1. The van der Waals surface area contributed by atoms with E-state index in [2.05, 4.69) is 20.7 Å². The van der Waals surface area contributed by atoms with Gasteiger partial charge in [0.25, 0.3) is 10.0 Å². The molecule has 1 saturated heterocycles. The monoisotopic (exact) mass is 620 g/mol. The van der Waals surface area contributed by atoms with E-state index >= 15 is 0 Å². The Hall–Kier alpha value is -1.73. The van der Waals surface area contributed by atoms with E-state index in [-0.39, 0.29) is 15.6 Å². The van der Waals surface area contributed by atoms with Gasteiger partial charge in [0.15, 0.2) is 0 Å². The molecular formula is C24H24BrF3N2O3S3. The second-order valence-electron chi connectivity index (χ2n) is 8.65. The molecule has 36 heavy (non-hydrogen) atoms. The highest BCUT2D eigenvalue weighted by Gasteiger charge is 2.36. The molecule has 1 aliphatic rings. The number of halogens is 4. The van der Waals surface area contributed by atoms with Crippen molar-refractivity contribution < 1.29 is 26.3 Å². The van der Waals surface area contributed by atoms with Crippen molar-refractivity contribution in [2.75, 3.05) is 24.9 Å². The number of hydrogen-bond acceptors (Lipinski definition) is 6. The van der Waals surface area contributed by atoms with Gasteiger partial charge in [0.1, 0.15) is 16.1 Å². The van der Waals surface area contributed by atoms with E-state index in [1.807, 2.05) is 44.0 Å². The molecule has 4 rings (SSSR count). The van der Waals surface area contributed by atoms with Gasteiger partial charge in [-0.05, 0) is 84.7 Å². The lowest BCUT2D eigenvalue weighted by molar-refractivity contribution is -0.139. The van der Waals surface area contributed by atoms with Crippen molar-refractivity contribution in [1.29, 1.82) is 0 Å². The normalized spacial score (nSPS) is 16.9. The molecule has 0 spiro atoms. The lowest BCUT2D eigenvalue weighted by Crippen LogP contribution is -2.23. The highest BCUT2D eigenvalue weighted by Crippen LogP contribution is 2.43. The minimum absolute atomic E-state index is 0.00256. The zero-order valence-electron chi connectivity index (χ0n) is 19.6. The zero-order valence-corrected chi connectivity index (χ0v) is 23.7. The van der Waals surface area contributed by atoms with Gasteiger partial charge in [-0.1, -0.05) is 17.8 Å². The number of ether oxygens (including phenoxy) is 1. The van der Waals surface area contributed by atoms with Crippen molar-refractivity contribution >= 4 is 54.7 Å². The number of nitrogens with one attached hydrogen (secondary N) is 1. The van der Waals surface area contributed by atoms with Crippen molar-refractivity contribution in [3.05, 3.63) is 63.6 Å². The molecule has 0 radical (unpaired) electrons. The first-order valence-corrected chi connectivity index (χ1v) is 14.9. The fraction of sp³-hybridized carbons (Fsp3) is 0.333. The summed E-state index contributed by atoms with van der Waals surface area (Å²) < 4.78 is 76.4. The van der Waals surface area contributed by atoms with Crippen molar-refractivity contribution in [2.45, 2.75) is 45.9 Å². The van der Waals surface area contributed by atoms with Crippen LogP contribution in [0.1, 0.15) is 23.1 Å². The third-order valence-electron chi connectivity index (χ3n) is 5.77. The van der Waals surface area contributed by atoms with Gasteiger partial charge in [-0.25, -0.2) is 8.42 Å². The quantitative estimate of drug-likeness (QED) is 0.303. The molecule has 1 atom stereocenters. The minimum atomic E-state index is -4.63.